The Morgan fingerprint density at radius 2 is 2.00 bits per heavy atom. The standard InChI is InChI=1S/C13H18BrClN2O2S.ClH/c14-10-5-3-7-12(13(10)15)20(18,19)17-11-6-2-1-4-9(11)8-16;/h3,5,7,9,11,17H,1-2,4,6,8,16H2;1H. The lowest BCUT2D eigenvalue weighted by Gasteiger charge is -2.31. The Morgan fingerprint density at radius 1 is 1.33 bits per heavy atom. The maximum Gasteiger partial charge on any atom is 0.242 e. The molecule has 0 saturated heterocycles. The molecule has 1 aromatic rings. The van der Waals surface area contributed by atoms with Crippen molar-refractivity contribution in [3.63, 3.8) is 0 Å². The fraction of sp³-hybridized carbons (Fsp3) is 0.538. The molecule has 2 atom stereocenters. The zero-order chi connectivity index (χ0) is 14.8. The molecule has 0 aromatic heterocycles. The Bertz CT molecular complexity index is 584. The molecular formula is C13H19BrCl2N2O2S. The predicted molar refractivity (Wildman–Crippen MR) is 91.5 cm³/mol. The van der Waals surface area contributed by atoms with Crippen LogP contribution in [0.3, 0.4) is 0 Å². The predicted octanol–water partition coefficient (Wildman–Crippen LogP) is 3.32. The number of benzene rings is 1. The van der Waals surface area contributed by atoms with Gasteiger partial charge >= 0.3 is 0 Å². The average Bonchev–Trinajstić information content (AvgIpc) is 2.42. The van der Waals surface area contributed by atoms with Crippen molar-refractivity contribution in [3.05, 3.63) is 27.7 Å². The third-order valence-corrected chi connectivity index (χ3v) is 6.66. The van der Waals surface area contributed by atoms with Crippen LogP contribution in [-0.2, 0) is 10.0 Å². The molecule has 1 saturated carbocycles. The fourth-order valence-corrected chi connectivity index (χ4v) is 4.97. The minimum atomic E-state index is -3.62. The minimum Gasteiger partial charge on any atom is -0.330 e. The Hall–Kier alpha value is 0.150. The second-order valence-corrected chi connectivity index (χ2v) is 7.97. The van der Waals surface area contributed by atoms with Crippen LogP contribution in [0.4, 0.5) is 0 Å². The van der Waals surface area contributed by atoms with Gasteiger partial charge in [0.2, 0.25) is 10.0 Å². The summed E-state index contributed by atoms with van der Waals surface area (Å²) in [7, 11) is -3.62. The van der Waals surface area contributed by atoms with Crippen molar-refractivity contribution in [2.24, 2.45) is 11.7 Å². The highest BCUT2D eigenvalue weighted by Crippen LogP contribution is 2.31. The number of hydrogen-bond donors (Lipinski definition) is 2. The van der Waals surface area contributed by atoms with Crippen molar-refractivity contribution < 1.29 is 8.42 Å². The van der Waals surface area contributed by atoms with Gasteiger partial charge in [0.1, 0.15) is 4.90 Å². The molecular weight excluding hydrogens is 399 g/mol. The Balaban J connectivity index is 0.00000220. The Kier molecular flexibility index (Phi) is 7.43. The van der Waals surface area contributed by atoms with Gasteiger partial charge < -0.3 is 5.73 Å². The summed E-state index contributed by atoms with van der Waals surface area (Å²) in [4.78, 5) is 0.106. The van der Waals surface area contributed by atoms with Crippen LogP contribution < -0.4 is 10.5 Å². The van der Waals surface area contributed by atoms with Gasteiger partial charge in [0, 0.05) is 10.5 Å². The van der Waals surface area contributed by atoms with Crippen molar-refractivity contribution in [2.45, 2.75) is 36.6 Å². The van der Waals surface area contributed by atoms with Gasteiger partial charge in [-0.15, -0.1) is 12.4 Å². The summed E-state index contributed by atoms with van der Waals surface area (Å²) < 4.78 is 28.3. The van der Waals surface area contributed by atoms with E-state index in [0.717, 1.165) is 25.7 Å². The first kappa shape index (κ1) is 19.2. The molecule has 0 amide bonds. The quantitative estimate of drug-likeness (QED) is 0.788. The molecule has 2 unspecified atom stereocenters. The summed E-state index contributed by atoms with van der Waals surface area (Å²) in [5.74, 6) is 0.199. The molecule has 3 N–H and O–H groups in total. The van der Waals surface area contributed by atoms with E-state index in [4.69, 9.17) is 17.3 Å². The lowest BCUT2D eigenvalue weighted by Crippen LogP contribution is -2.44. The van der Waals surface area contributed by atoms with Crippen molar-refractivity contribution >= 4 is 50.0 Å². The zero-order valence-electron chi connectivity index (χ0n) is 11.4. The lowest BCUT2D eigenvalue weighted by atomic mass is 9.85. The van der Waals surface area contributed by atoms with E-state index in [1.165, 1.54) is 6.07 Å². The van der Waals surface area contributed by atoms with Crippen molar-refractivity contribution in [2.75, 3.05) is 6.54 Å². The molecule has 2 rings (SSSR count). The smallest absolute Gasteiger partial charge is 0.242 e. The number of hydrogen-bond acceptors (Lipinski definition) is 3. The van der Waals surface area contributed by atoms with Crippen LogP contribution in [0, 0.1) is 5.92 Å². The summed E-state index contributed by atoms with van der Waals surface area (Å²) in [6, 6.07) is 4.78. The van der Waals surface area contributed by atoms with E-state index in [1.807, 2.05) is 0 Å². The maximum absolute atomic E-state index is 12.5. The molecule has 0 bridgehead atoms. The largest absolute Gasteiger partial charge is 0.330 e. The average molecular weight is 418 g/mol. The van der Waals surface area contributed by atoms with E-state index in [-0.39, 0.29) is 34.3 Å². The van der Waals surface area contributed by atoms with Crippen molar-refractivity contribution in [3.8, 4) is 0 Å². The molecule has 0 aliphatic heterocycles. The minimum absolute atomic E-state index is 0. The normalized spacial score (nSPS) is 22.6. The van der Waals surface area contributed by atoms with Crippen LogP contribution in [0.1, 0.15) is 25.7 Å². The second kappa shape index (κ2) is 8.13. The van der Waals surface area contributed by atoms with Gasteiger partial charge in [-0.25, -0.2) is 13.1 Å². The van der Waals surface area contributed by atoms with Crippen molar-refractivity contribution in [1.29, 1.82) is 0 Å². The van der Waals surface area contributed by atoms with Crippen LogP contribution in [-0.4, -0.2) is 21.0 Å². The highest BCUT2D eigenvalue weighted by atomic mass is 79.9. The van der Waals surface area contributed by atoms with Crippen molar-refractivity contribution in [1.82, 2.24) is 4.72 Å². The van der Waals surface area contributed by atoms with Gasteiger partial charge in [0.15, 0.2) is 0 Å². The highest BCUT2D eigenvalue weighted by molar-refractivity contribution is 9.10. The molecule has 4 nitrogen and oxygen atoms in total. The fourth-order valence-electron chi connectivity index (χ4n) is 2.60. The van der Waals surface area contributed by atoms with Crippen LogP contribution >= 0.6 is 39.9 Å². The van der Waals surface area contributed by atoms with Gasteiger partial charge in [-0.1, -0.05) is 30.5 Å². The first-order valence-corrected chi connectivity index (χ1v) is 9.27. The first-order valence-electron chi connectivity index (χ1n) is 6.62. The van der Waals surface area contributed by atoms with E-state index >= 15 is 0 Å². The topological polar surface area (TPSA) is 72.2 Å². The summed E-state index contributed by atoms with van der Waals surface area (Å²) in [6.45, 7) is 0.499. The molecule has 0 spiro atoms. The van der Waals surface area contributed by atoms with Gasteiger partial charge in [0.25, 0.3) is 0 Å². The summed E-state index contributed by atoms with van der Waals surface area (Å²) >= 11 is 9.32. The number of halogens is 3. The van der Waals surface area contributed by atoms with Gasteiger partial charge in [0.05, 0.1) is 5.02 Å². The molecule has 1 aromatic carbocycles. The maximum atomic E-state index is 12.5. The second-order valence-electron chi connectivity index (χ2n) is 5.06. The number of sulfonamides is 1. The third kappa shape index (κ3) is 4.56. The van der Waals surface area contributed by atoms with E-state index in [1.54, 1.807) is 12.1 Å². The first-order chi connectivity index (χ1) is 9.45. The summed E-state index contributed by atoms with van der Waals surface area (Å²) in [5.41, 5.74) is 5.74. The molecule has 1 fully saturated rings. The number of nitrogens with two attached hydrogens (primary N) is 1. The van der Waals surface area contributed by atoms with Gasteiger partial charge in [-0.05, 0) is 53.4 Å². The van der Waals surface area contributed by atoms with Crippen LogP contribution in [0.15, 0.2) is 27.6 Å². The molecule has 0 heterocycles. The van der Waals surface area contributed by atoms with Crippen LogP contribution in [0.25, 0.3) is 0 Å². The van der Waals surface area contributed by atoms with E-state index in [0.29, 0.717) is 11.0 Å². The van der Waals surface area contributed by atoms with Gasteiger partial charge in [-0.3, -0.25) is 0 Å². The summed E-state index contributed by atoms with van der Waals surface area (Å²) in [6.07, 6.45) is 3.93. The molecule has 8 heteroatoms. The molecule has 1 aliphatic rings. The Morgan fingerprint density at radius 3 is 2.67 bits per heavy atom. The van der Waals surface area contributed by atoms with E-state index in [9.17, 15) is 8.42 Å². The Labute approximate surface area is 145 Å². The molecule has 0 radical (unpaired) electrons. The summed E-state index contributed by atoms with van der Waals surface area (Å²) in [5, 5.41) is 0.208. The molecule has 21 heavy (non-hydrogen) atoms. The van der Waals surface area contributed by atoms with Crippen LogP contribution in [0.5, 0.6) is 0 Å². The number of nitrogens with one attached hydrogen (secondary N) is 1. The highest BCUT2D eigenvalue weighted by Gasteiger charge is 2.29. The number of rotatable bonds is 4. The van der Waals surface area contributed by atoms with E-state index < -0.39 is 10.0 Å². The zero-order valence-corrected chi connectivity index (χ0v) is 15.4. The third-order valence-electron chi connectivity index (χ3n) is 3.72. The monoisotopic (exact) mass is 416 g/mol. The molecule has 120 valence electrons. The SMILES string of the molecule is Cl.NCC1CCCCC1NS(=O)(=O)c1cccc(Br)c1Cl. The van der Waals surface area contributed by atoms with Crippen LogP contribution in [0.2, 0.25) is 5.02 Å². The van der Waals surface area contributed by atoms with Gasteiger partial charge in [-0.2, -0.15) is 0 Å². The molecule has 1 aliphatic carbocycles. The lowest BCUT2D eigenvalue weighted by molar-refractivity contribution is 0.296. The van der Waals surface area contributed by atoms with E-state index in [2.05, 4.69) is 20.7 Å².